The summed E-state index contributed by atoms with van der Waals surface area (Å²) in [6, 6.07) is 2.84. The second-order valence-corrected chi connectivity index (χ2v) is 4.97. The Hall–Kier alpha value is -1.31. The fourth-order valence-corrected chi connectivity index (χ4v) is 2.21. The predicted octanol–water partition coefficient (Wildman–Crippen LogP) is 1.34. The molecule has 4 nitrogen and oxygen atoms in total. The van der Waals surface area contributed by atoms with Crippen LogP contribution in [0.3, 0.4) is 0 Å². The van der Waals surface area contributed by atoms with Gasteiger partial charge in [0.2, 0.25) is 0 Å². The van der Waals surface area contributed by atoms with Crippen molar-refractivity contribution in [1.82, 2.24) is 4.90 Å². The molecule has 7 heteroatoms. The van der Waals surface area contributed by atoms with Gasteiger partial charge in [0.15, 0.2) is 11.6 Å². The molecule has 0 spiro atoms. The summed E-state index contributed by atoms with van der Waals surface area (Å²) < 4.78 is 32.7. The normalized spacial score (nSPS) is 16.1. The zero-order valence-corrected chi connectivity index (χ0v) is 11.8. The van der Waals surface area contributed by atoms with Gasteiger partial charge in [0.1, 0.15) is 4.99 Å². The molecular formula is C13H17F2N3OS. The number of benzene rings is 1. The van der Waals surface area contributed by atoms with E-state index in [0.29, 0.717) is 19.8 Å². The van der Waals surface area contributed by atoms with Gasteiger partial charge in [-0.25, -0.2) is 8.78 Å². The molecule has 0 amide bonds. The van der Waals surface area contributed by atoms with E-state index in [2.05, 4.69) is 22.4 Å². The minimum Gasteiger partial charge on any atom is -0.389 e. The number of hydrogen-bond donors (Lipinski definition) is 2. The van der Waals surface area contributed by atoms with Gasteiger partial charge in [-0.1, -0.05) is 12.2 Å². The molecule has 1 aliphatic heterocycles. The van der Waals surface area contributed by atoms with Crippen molar-refractivity contribution in [3.8, 4) is 0 Å². The van der Waals surface area contributed by atoms with E-state index in [9.17, 15) is 8.78 Å². The van der Waals surface area contributed by atoms with E-state index in [4.69, 9.17) is 10.5 Å². The van der Waals surface area contributed by atoms with Crippen molar-refractivity contribution in [2.24, 2.45) is 5.73 Å². The van der Waals surface area contributed by atoms with Gasteiger partial charge in [0, 0.05) is 31.7 Å². The Labute approximate surface area is 121 Å². The Morgan fingerprint density at radius 3 is 2.65 bits per heavy atom. The SMILES string of the molecule is NC(=S)c1ccc(NCCN2CCOCC2)c(F)c1F. The number of rotatable bonds is 5. The molecule has 2 rings (SSSR count). The summed E-state index contributed by atoms with van der Waals surface area (Å²) in [5, 5.41) is 2.89. The number of thiocarbonyl (C=S) groups is 1. The first-order valence-corrected chi connectivity index (χ1v) is 6.82. The predicted molar refractivity (Wildman–Crippen MR) is 78.0 cm³/mol. The highest BCUT2D eigenvalue weighted by Crippen LogP contribution is 2.20. The number of ether oxygens (including phenoxy) is 1. The monoisotopic (exact) mass is 301 g/mol. The van der Waals surface area contributed by atoms with Crippen LogP contribution in [0.25, 0.3) is 0 Å². The number of nitrogens with zero attached hydrogens (tertiary/aromatic N) is 1. The summed E-state index contributed by atoms with van der Waals surface area (Å²) in [7, 11) is 0. The molecule has 0 saturated carbocycles. The lowest BCUT2D eigenvalue weighted by molar-refractivity contribution is 0.0398. The van der Waals surface area contributed by atoms with Gasteiger partial charge in [-0.05, 0) is 12.1 Å². The zero-order valence-electron chi connectivity index (χ0n) is 11.0. The summed E-state index contributed by atoms with van der Waals surface area (Å²) in [6.07, 6.45) is 0. The third-order valence-electron chi connectivity index (χ3n) is 3.19. The lowest BCUT2D eigenvalue weighted by Crippen LogP contribution is -2.39. The van der Waals surface area contributed by atoms with Gasteiger partial charge < -0.3 is 15.8 Å². The van der Waals surface area contributed by atoms with Gasteiger partial charge >= 0.3 is 0 Å². The summed E-state index contributed by atoms with van der Waals surface area (Å²) in [5.74, 6) is -1.95. The van der Waals surface area contributed by atoms with Crippen molar-refractivity contribution < 1.29 is 13.5 Å². The van der Waals surface area contributed by atoms with Crippen LogP contribution in [0.5, 0.6) is 0 Å². The van der Waals surface area contributed by atoms with Gasteiger partial charge in [-0.3, -0.25) is 4.90 Å². The summed E-state index contributed by atoms with van der Waals surface area (Å²) in [6.45, 7) is 4.43. The van der Waals surface area contributed by atoms with E-state index in [1.54, 1.807) is 0 Å². The summed E-state index contributed by atoms with van der Waals surface area (Å²) in [4.78, 5) is 2.05. The maximum atomic E-state index is 13.8. The number of hydrogen-bond acceptors (Lipinski definition) is 4. The van der Waals surface area contributed by atoms with E-state index < -0.39 is 11.6 Å². The fraction of sp³-hybridized carbons (Fsp3) is 0.462. The maximum Gasteiger partial charge on any atom is 0.182 e. The van der Waals surface area contributed by atoms with Crippen LogP contribution in [-0.4, -0.2) is 49.3 Å². The van der Waals surface area contributed by atoms with Gasteiger partial charge in [0.05, 0.1) is 18.9 Å². The molecule has 1 aromatic rings. The number of anilines is 1. The molecule has 1 saturated heterocycles. The topological polar surface area (TPSA) is 50.5 Å². The molecule has 0 atom stereocenters. The van der Waals surface area contributed by atoms with Crippen molar-refractivity contribution in [1.29, 1.82) is 0 Å². The highest BCUT2D eigenvalue weighted by molar-refractivity contribution is 7.80. The smallest absolute Gasteiger partial charge is 0.182 e. The quantitative estimate of drug-likeness (QED) is 0.804. The summed E-state index contributed by atoms with van der Waals surface area (Å²) in [5.41, 5.74) is 5.37. The van der Waals surface area contributed by atoms with E-state index in [-0.39, 0.29) is 16.2 Å². The lowest BCUT2D eigenvalue weighted by Gasteiger charge is -2.26. The molecule has 0 aromatic heterocycles. The van der Waals surface area contributed by atoms with Crippen molar-refractivity contribution in [2.75, 3.05) is 44.7 Å². The van der Waals surface area contributed by atoms with E-state index in [1.165, 1.54) is 12.1 Å². The largest absolute Gasteiger partial charge is 0.389 e. The molecule has 1 heterocycles. The lowest BCUT2D eigenvalue weighted by atomic mass is 10.2. The first kappa shape index (κ1) is 15.1. The molecular weight excluding hydrogens is 284 g/mol. The minimum absolute atomic E-state index is 0.0729. The third-order valence-corrected chi connectivity index (χ3v) is 3.41. The van der Waals surface area contributed by atoms with Gasteiger partial charge in [0.25, 0.3) is 0 Å². The Morgan fingerprint density at radius 1 is 1.30 bits per heavy atom. The van der Waals surface area contributed by atoms with Crippen LogP contribution in [0, 0.1) is 11.6 Å². The van der Waals surface area contributed by atoms with Crippen LogP contribution in [-0.2, 0) is 4.74 Å². The highest BCUT2D eigenvalue weighted by atomic mass is 32.1. The van der Waals surface area contributed by atoms with Crippen LogP contribution in [0.15, 0.2) is 12.1 Å². The summed E-state index contributed by atoms with van der Waals surface area (Å²) >= 11 is 4.66. The van der Waals surface area contributed by atoms with Crippen LogP contribution >= 0.6 is 12.2 Å². The molecule has 20 heavy (non-hydrogen) atoms. The molecule has 0 unspecified atom stereocenters. The first-order chi connectivity index (χ1) is 9.59. The Kier molecular flexibility index (Phi) is 5.22. The van der Waals surface area contributed by atoms with E-state index in [1.807, 2.05) is 0 Å². The van der Waals surface area contributed by atoms with Crippen LogP contribution < -0.4 is 11.1 Å². The second-order valence-electron chi connectivity index (χ2n) is 4.53. The number of morpholine rings is 1. The number of nitrogens with one attached hydrogen (secondary N) is 1. The minimum atomic E-state index is -1.01. The van der Waals surface area contributed by atoms with Crippen LogP contribution in [0.1, 0.15) is 5.56 Å². The average Bonchev–Trinajstić information content (AvgIpc) is 2.44. The average molecular weight is 301 g/mol. The van der Waals surface area contributed by atoms with Crippen LogP contribution in [0.2, 0.25) is 0 Å². The Bertz CT molecular complexity index is 493. The zero-order chi connectivity index (χ0) is 14.5. The molecule has 1 fully saturated rings. The van der Waals surface area contributed by atoms with Crippen molar-refractivity contribution in [3.05, 3.63) is 29.3 Å². The number of halogens is 2. The van der Waals surface area contributed by atoms with Crippen molar-refractivity contribution in [2.45, 2.75) is 0 Å². The van der Waals surface area contributed by atoms with Crippen LogP contribution in [0.4, 0.5) is 14.5 Å². The van der Waals surface area contributed by atoms with Gasteiger partial charge in [-0.15, -0.1) is 0 Å². The van der Waals surface area contributed by atoms with E-state index >= 15 is 0 Å². The standard InChI is InChI=1S/C13H17F2N3OS/c14-11-9(13(16)20)1-2-10(12(11)15)17-3-4-18-5-7-19-8-6-18/h1-2,17H,3-8H2,(H2,16,20). The van der Waals surface area contributed by atoms with Crippen molar-refractivity contribution in [3.63, 3.8) is 0 Å². The molecule has 1 aromatic carbocycles. The fourth-order valence-electron chi connectivity index (χ4n) is 2.05. The Morgan fingerprint density at radius 2 is 2.00 bits per heavy atom. The Balaban J connectivity index is 1.92. The number of nitrogens with two attached hydrogens (primary N) is 1. The molecule has 110 valence electrons. The third kappa shape index (κ3) is 3.62. The molecule has 0 bridgehead atoms. The first-order valence-electron chi connectivity index (χ1n) is 6.41. The molecule has 0 aliphatic carbocycles. The molecule has 0 radical (unpaired) electrons. The second kappa shape index (κ2) is 6.92. The maximum absolute atomic E-state index is 13.8. The van der Waals surface area contributed by atoms with Crippen molar-refractivity contribution >= 4 is 22.9 Å². The van der Waals surface area contributed by atoms with E-state index in [0.717, 1.165) is 19.6 Å². The molecule has 1 aliphatic rings. The highest BCUT2D eigenvalue weighted by Gasteiger charge is 2.15. The molecule has 3 N–H and O–H groups in total. The van der Waals surface area contributed by atoms with Gasteiger partial charge in [-0.2, -0.15) is 0 Å².